The predicted octanol–water partition coefficient (Wildman–Crippen LogP) is 14.1. The van der Waals surface area contributed by atoms with E-state index in [0.717, 1.165) is 0 Å². The van der Waals surface area contributed by atoms with E-state index in [9.17, 15) is 0 Å². The van der Waals surface area contributed by atoms with Crippen molar-refractivity contribution in [2.24, 2.45) is 0 Å². The maximum Gasteiger partial charge on any atom is 0.0529 e. The molecule has 39 heavy (non-hydrogen) atoms. The van der Waals surface area contributed by atoms with Crippen molar-refractivity contribution in [3.63, 3.8) is 0 Å². The first kappa shape index (κ1) is 32.6. The molecule has 0 bridgehead atoms. The van der Waals surface area contributed by atoms with Crippen molar-refractivity contribution in [2.75, 3.05) is 0 Å². The van der Waals surface area contributed by atoms with E-state index in [-0.39, 0.29) is 0 Å². The third-order valence-electron chi connectivity index (χ3n) is 8.10. The van der Waals surface area contributed by atoms with Gasteiger partial charge in [-0.25, -0.2) is 0 Å². The minimum Gasteiger partial charge on any atom is -0.143 e. The molecule has 3 rings (SSSR count). The average Bonchev–Trinajstić information content (AvgIpc) is 3.71. The Balaban J connectivity index is 1.33. The molecule has 0 atom stereocenters. The van der Waals surface area contributed by atoms with Crippen molar-refractivity contribution in [2.45, 2.75) is 155 Å². The molecule has 3 aromatic heterocycles. The van der Waals surface area contributed by atoms with Gasteiger partial charge in [0.15, 0.2) is 0 Å². The summed E-state index contributed by atoms with van der Waals surface area (Å²) < 4.78 is 0. The Morgan fingerprint density at radius 1 is 0.462 bits per heavy atom. The van der Waals surface area contributed by atoms with Gasteiger partial charge in [-0.3, -0.25) is 0 Å². The van der Waals surface area contributed by atoms with Crippen molar-refractivity contribution in [1.82, 2.24) is 0 Å². The van der Waals surface area contributed by atoms with Gasteiger partial charge in [-0.2, -0.15) is 0 Å². The first-order valence-electron chi connectivity index (χ1n) is 16.5. The Labute approximate surface area is 253 Å². The van der Waals surface area contributed by atoms with Crippen LogP contribution in [0.25, 0.3) is 20.2 Å². The Morgan fingerprint density at radius 3 is 1.36 bits per heavy atom. The third kappa shape index (κ3) is 13.1. The maximum absolute atomic E-state index is 2.48. The van der Waals surface area contributed by atoms with Crippen LogP contribution in [0.1, 0.15) is 153 Å². The molecular weight excluding hydrogens is 529 g/mol. The zero-order valence-electron chi connectivity index (χ0n) is 25.2. The second kappa shape index (κ2) is 20.9. The van der Waals surface area contributed by atoms with Crippen LogP contribution in [0.15, 0.2) is 34.3 Å². The minimum atomic E-state index is 1.24. The van der Waals surface area contributed by atoms with Crippen LogP contribution in [-0.4, -0.2) is 0 Å². The topological polar surface area (TPSA) is 0 Å². The van der Waals surface area contributed by atoms with Crippen molar-refractivity contribution < 1.29 is 0 Å². The number of aryl methyl sites for hydroxylation is 2. The van der Waals surface area contributed by atoms with Crippen molar-refractivity contribution in [1.29, 1.82) is 0 Å². The second-order valence-electron chi connectivity index (χ2n) is 11.7. The van der Waals surface area contributed by atoms with Crippen molar-refractivity contribution >= 4 is 34.0 Å². The van der Waals surface area contributed by atoms with E-state index in [1.165, 1.54) is 161 Å². The zero-order valence-corrected chi connectivity index (χ0v) is 27.7. The standard InChI is InChI=1S/C36H56S3/c1-3-5-7-9-11-13-15-17-19-21-23-31-27-34(38-29-31)33-25-26-37-36(33)35-28-32(30-39-35)24-22-20-18-16-14-12-10-8-6-4-2/h25-30H,3-24H2,1-2H3. The highest BCUT2D eigenvalue weighted by atomic mass is 32.1. The molecular formula is C36H56S3. The SMILES string of the molecule is CCCCCCCCCCCCc1csc(-c2ccsc2-c2cc(CCCCCCCCCCCC)cs2)c1. The smallest absolute Gasteiger partial charge is 0.0529 e. The summed E-state index contributed by atoms with van der Waals surface area (Å²) >= 11 is 5.81. The lowest BCUT2D eigenvalue weighted by atomic mass is 10.0. The second-order valence-corrected chi connectivity index (χ2v) is 14.4. The van der Waals surface area contributed by atoms with E-state index in [2.05, 4.69) is 48.2 Å². The van der Waals surface area contributed by atoms with E-state index in [0.29, 0.717) is 0 Å². The summed E-state index contributed by atoms with van der Waals surface area (Å²) in [6, 6.07) is 7.30. The van der Waals surface area contributed by atoms with Gasteiger partial charge in [0.25, 0.3) is 0 Å². The molecule has 218 valence electrons. The van der Waals surface area contributed by atoms with Gasteiger partial charge in [-0.15, -0.1) is 34.0 Å². The molecule has 0 saturated carbocycles. The summed E-state index contributed by atoms with van der Waals surface area (Å²) in [7, 11) is 0. The largest absolute Gasteiger partial charge is 0.143 e. The molecule has 0 aromatic carbocycles. The first-order valence-corrected chi connectivity index (χ1v) is 19.2. The van der Waals surface area contributed by atoms with Gasteiger partial charge in [0.05, 0.1) is 4.88 Å². The van der Waals surface area contributed by atoms with Crippen molar-refractivity contribution in [3.05, 3.63) is 45.5 Å². The monoisotopic (exact) mass is 584 g/mol. The molecule has 0 aliphatic carbocycles. The number of rotatable bonds is 24. The first-order chi connectivity index (χ1) is 19.3. The lowest BCUT2D eigenvalue weighted by Crippen LogP contribution is -1.85. The van der Waals surface area contributed by atoms with E-state index in [1.54, 1.807) is 11.1 Å². The van der Waals surface area contributed by atoms with Gasteiger partial charge in [0, 0.05) is 15.3 Å². The molecule has 0 radical (unpaired) electrons. The number of thiophene rings is 3. The molecule has 0 fully saturated rings. The van der Waals surface area contributed by atoms with Crippen LogP contribution in [0, 0.1) is 0 Å². The lowest BCUT2D eigenvalue weighted by molar-refractivity contribution is 0.556. The number of hydrogen-bond donors (Lipinski definition) is 0. The molecule has 3 heterocycles. The zero-order chi connectivity index (χ0) is 27.4. The molecule has 0 unspecified atom stereocenters. The third-order valence-corrected chi connectivity index (χ3v) is 11.2. The molecule has 0 saturated heterocycles. The molecule has 0 aliphatic rings. The van der Waals surface area contributed by atoms with E-state index in [4.69, 9.17) is 0 Å². The van der Waals surface area contributed by atoms with Gasteiger partial charge >= 0.3 is 0 Å². The summed E-state index contributed by atoms with van der Waals surface area (Å²) in [4.78, 5) is 4.39. The van der Waals surface area contributed by atoms with Crippen LogP contribution < -0.4 is 0 Å². The summed E-state index contributed by atoms with van der Waals surface area (Å²) in [5, 5.41) is 7.11. The van der Waals surface area contributed by atoms with Gasteiger partial charge in [-0.1, -0.05) is 129 Å². The highest BCUT2D eigenvalue weighted by molar-refractivity contribution is 7.21. The number of unbranched alkanes of at least 4 members (excludes halogenated alkanes) is 18. The van der Waals surface area contributed by atoms with Crippen LogP contribution in [0.4, 0.5) is 0 Å². The normalized spacial score (nSPS) is 11.5. The highest BCUT2D eigenvalue weighted by Crippen LogP contribution is 2.42. The molecule has 3 heteroatoms. The maximum atomic E-state index is 2.48. The quantitative estimate of drug-likeness (QED) is 0.0918. The van der Waals surface area contributed by atoms with Crippen LogP contribution in [0.2, 0.25) is 0 Å². The molecule has 0 spiro atoms. The molecule has 3 aromatic rings. The molecule has 0 N–H and O–H groups in total. The summed E-state index contributed by atoms with van der Waals surface area (Å²) in [5.41, 5.74) is 4.54. The Kier molecular flexibility index (Phi) is 17.5. The van der Waals surface area contributed by atoms with Gasteiger partial charge < -0.3 is 0 Å². The van der Waals surface area contributed by atoms with Crippen LogP contribution in [0.5, 0.6) is 0 Å². The molecule has 0 nitrogen and oxygen atoms in total. The Hall–Kier alpha value is -0.900. The van der Waals surface area contributed by atoms with E-state index in [1.807, 2.05) is 34.0 Å². The minimum absolute atomic E-state index is 1.24. The fraction of sp³-hybridized carbons (Fsp3) is 0.667. The van der Waals surface area contributed by atoms with Gasteiger partial charge in [-0.05, 0) is 71.1 Å². The predicted molar refractivity (Wildman–Crippen MR) is 182 cm³/mol. The highest BCUT2D eigenvalue weighted by Gasteiger charge is 2.13. The molecule has 0 aliphatic heterocycles. The Morgan fingerprint density at radius 2 is 0.872 bits per heavy atom. The van der Waals surface area contributed by atoms with Gasteiger partial charge in [0.1, 0.15) is 0 Å². The van der Waals surface area contributed by atoms with Crippen molar-refractivity contribution in [3.8, 4) is 20.2 Å². The molecule has 0 amide bonds. The van der Waals surface area contributed by atoms with E-state index < -0.39 is 0 Å². The fourth-order valence-corrected chi connectivity index (χ4v) is 8.66. The fourth-order valence-electron chi connectivity index (χ4n) is 5.60. The summed E-state index contributed by atoms with van der Waals surface area (Å²) in [6.45, 7) is 4.60. The summed E-state index contributed by atoms with van der Waals surface area (Å²) in [6.07, 6.45) is 30.8. The number of hydrogen-bond acceptors (Lipinski definition) is 3. The Bertz CT molecular complexity index is 898. The van der Waals surface area contributed by atoms with Gasteiger partial charge in [0.2, 0.25) is 0 Å². The lowest BCUT2D eigenvalue weighted by Gasteiger charge is -2.02. The van der Waals surface area contributed by atoms with Crippen LogP contribution >= 0.6 is 34.0 Å². The van der Waals surface area contributed by atoms with E-state index >= 15 is 0 Å². The van der Waals surface area contributed by atoms with Crippen LogP contribution in [-0.2, 0) is 12.8 Å². The van der Waals surface area contributed by atoms with Crippen LogP contribution in [0.3, 0.4) is 0 Å². The average molecular weight is 585 g/mol. The summed E-state index contributed by atoms with van der Waals surface area (Å²) in [5.74, 6) is 0.